The molecule has 6 nitrogen and oxygen atoms in total. The Kier molecular flexibility index (Phi) is 2.41. The van der Waals surface area contributed by atoms with Gasteiger partial charge in [-0.2, -0.15) is 5.10 Å². The minimum atomic E-state index is -2.90. The molecular weight excluding hydrogens is 242 g/mol. The van der Waals surface area contributed by atoms with Crippen LogP contribution in [-0.4, -0.2) is 36.3 Å². The second kappa shape index (κ2) is 3.71. The number of nitrogen functional groups attached to an aromatic ring is 1. The predicted octanol–water partition coefficient (Wildman–Crippen LogP) is -0.102. The molecule has 3 heterocycles. The van der Waals surface area contributed by atoms with Gasteiger partial charge < -0.3 is 10.5 Å². The Morgan fingerprint density at radius 2 is 2.29 bits per heavy atom. The van der Waals surface area contributed by atoms with E-state index in [1.807, 2.05) is 0 Å². The van der Waals surface area contributed by atoms with Crippen LogP contribution in [0.5, 0.6) is 0 Å². The van der Waals surface area contributed by atoms with Gasteiger partial charge in [-0.1, -0.05) is 0 Å². The van der Waals surface area contributed by atoms with Crippen LogP contribution in [0.1, 0.15) is 23.7 Å². The third-order valence-electron chi connectivity index (χ3n) is 3.44. The maximum atomic E-state index is 11.5. The van der Waals surface area contributed by atoms with Crippen LogP contribution in [0.3, 0.4) is 0 Å². The van der Waals surface area contributed by atoms with E-state index in [1.165, 1.54) is 0 Å². The fraction of sp³-hybridized carbons (Fsp3) is 0.700. The number of rotatable bonds is 1. The molecule has 17 heavy (non-hydrogen) atoms. The fourth-order valence-electron chi connectivity index (χ4n) is 2.56. The lowest BCUT2D eigenvalue weighted by atomic mass is 10.1. The van der Waals surface area contributed by atoms with Crippen LogP contribution in [0, 0.1) is 0 Å². The van der Waals surface area contributed by atoms with Gasteiger partial charge in [0.1, 0.15) is 5.82 Å². The molecule has 0 saturated carbocycles. The van der Waals surface area contributed by atoms with Crippen molar-refractivity contribution in [2.45, 2.75) is 25.5 Å². The van der Waals surface area contributed by atoms with Crippen molar-refractivity contribution in [3.05, 3.63) is 11.3 Å². The summed E-state index contributed by atoms with van der Waals surface area (Å²) >= 11 is 0. The van der Waals surface area contributed by atoms with E-state index < -0.39 is 9.84 Å². The molecule has 0 bridgehead atoms. The van der Waals surface area contributed by atoms with E-state index >= 15 is 0 Å². The fourth-order valence-corrected chi connectivity index (χ4v) is 4.25. The van der Waals surface area contributed by atoms with Gasteiger partial charge >= 0.3 is 0 Å². The Balaban J connectivity index is 1.99. The summed E-state index contributed by atoms with van der Waals surface area (Å²) in [6.45, 7) is 1.14. The van der Waals surface area contributed by atoms with Crippen LogP contribution in [0.4, 0.5) is 5.82 Å². The molecular formula is C10H15N3O3S. The molecule has 0 amide bonds. The number of aromatic nitrogens is 2. The largest absolute Gasteiger partial charge is 0.382 e. The summed E-state index contributed by atoms with van der Waals surface area (Å²) in [5.74, 6) is 0.931. The van der Waals surface area contributed by atoms with Gasteiger partial charge in [0.15, 0.2) is 9.84 Å². The molecule has 2 aliphatic rings. The van der Waals surface area contributed by atoms with Crippen molar-refractivity contribution >= 4 is 15.7 Å². The van der Waals surface area contributed by atoms with Gasteiger partial charge in [0, 0.05) is 12.0 Å². The molecule has 1 fully saturated rings. The molecule has 2 N–H and O–H groups in total. The first-order valence-corrected chi connectivity index (χ1v) is 7.53. The summed E-state index contributed by atoms with van der Waals surface area (Å²) in [4.78, 5) is 0. The van der Waals surface area contributed by atoms with Crippen LogP contribution in [-0.2, 0) is 27.6 Å². The van der Waals surface area contributed by atoms with Crippen LogP contribution in [0.2, 0.25) is 0 Å². The Morgan fingerprint density at radius 3 is 3.00 bits per heavy atom. The van der Waals surface area contributed by atoms with Gasteiger partial charge in [-0.25, -0.2) is 8.42 Å². The van der Waals surface area contributed by atoms with Crippen molar-refractivity contribution in [3.63, 3.8) is 0 Å². The molecule has 2 aliphatic heterocycles. The average molecular weight is 257 g/mol. The zero-order valence-electron chi connectivity index (χ0n) is 9.42. The van der Waals surface area contributed by atoms with E-state index in [4.69, 9.17) is 10.5 Å². The van der Waals surface area contributed by atoms with Gasteiger partial charge in [0.2, 0.25) is 0 Å². The summed E-state index contributed by atoms with van der Waals surface area (Å²) in [6, 6.07) is -0.0762. The quantitative estimate of drug-likeness (QED) is 0.759. The number of fused-ring (bicyclic) bond motifs is 1. The normalized spacial score (nSPS) is 26.9. The first-order chi connectivity index (χ1) is 8.07. The molecule has 3 rings (SSSR count). The molecule has 1 atom stereocenters. The maximum Gasteiger partial charge on any atom is 0.152 e. The Bertz CT molecular complexity index is 549. The Labute approximate surface area is 99.7 Å². The number of hydrogen-bond donors (Lipinski definition) is 1. The average Bonchev–Trinajstić information content (AvgIpc) is 2.81. The van der Waals surface area contributed by atoms with Crippen LogP contribution >= 0.6 is 0 Å². The van der Waals surface area contributed by atoms with Crippen LogP contribution < -0.4 is 5.73 Å². The van der Waals surface area contributed by atoms with Crippen molar-refractivity contribution in [2.24, 2.45) is 0 Å². The summed E-state index contributed by atoms with van der Waals surface area (Å²) in [5.41, 5.74) is 7.84. The monoisotopic (exact) mass is 257 g/mol. The van der Waals surface area contributed by atoms with E-state index in [0.717, 1.165) is 17.7 Å². The Hall–Kier alpha value is -1.08. The standard InChI is InChI=1S/C10H15N3O3S/c11-10-8-1-3-16-5-9(8)13(12-10)7-2-4-17(14,15)6-7/h7H,1-6H2,(H2,11,12). The predicted molar refractivity (Wildman–Crippen MR) is 62.3 cm³/mol. The van der Waals surface area contributed by atoms with Crippen molar-refractivity contribution in [3.8, 4) is 0 Å². The first-order valence-electron chi connectivity index (χ1n) is 5.71. The van der Waals surface area contributed by atoms with Crippen LogP contribution in [0.15, 0.2) is 0 Å². The van der Waals surface area contributed by atoms with Gasteiger partial charge in [0.25, 0.3) is 0 Å². The minimum Gasteiger partial charge on any atom is -0.382 e. The topological polar surface area (TPSA) is 87.2 Å². The molecule has 1 aromatic rings. The molecule has 7 heteroatoms. The highest BCUT2D eigenvalue weighted by molar-refractivity contribution is 7.91. The lowest BCUT2D eigenvalue weighted by molar-refractivity contribution is 0.103. The van der Waals surface area contributed by atoms with Crippen molar-refractivity contribution in [2.75, 3.05) is 23.8 Å². The van der Waals surface area contributed by atoms with Gasteiger partial charge in [-0.3, -0.25) is 4.68 Å². The van der Waals surface area contributed by atoms with E-state index in [1.54, 1.807) is 4.68 Å². The number of ether oxygens (including phenoxy) is 1. The molecule has 1 saturated heterocycles. The Morgan fingerprint density at radius 1 is 1.47 bits per heavy atom. The lowest BCUT2D eigenvalue weighted by Gasteiger charge is -2.17. The molecule has 0 aliphatic carbocycles. The zero-order chi connectivity index (χ0) is 12.0. The van der Waals surface area contributed by atoms with Gasteiger partial charge in [0.05, 0.1) is 36.5 Å². The third kappa shape index (κ3) is 1.83. The van der Waals surface area contributed by atoms with Gasteiger partial charge in [-0.05, 0) is 6.42 Å². The summed E-state index contributed by atoms with van der Waals surface area (Å²) in [6.07, 6.45) is 1.39. The van der Waals surface area contributed by atoms with Crippen molar-refractivity contribution in [1.29, 1.82) is 0 Å². The van der Waals surface area contributed by atoms with E-state index in [9.17, 15) is 8.42 Å². The molecule has 1 unspecified atom stereocenters. The summed E-state index contributed by atoms with van der Waals surface area (Å²) < 4.78 is 30.1. The first kappa shape index (κ1) is 11.0. The number of hydrogen-bond acceptors (Lipinski definition) is 5. The second-order valence-corrected chi connectivity index (χ2v) is 6.84. The smallest absolute Gasteiger partial charge is 0.152 e. The molecule has 0 aromatic carbocycles. The van der Waals surface area contributed by atoms with Crippen LogP contribution in [0.25, 0.3) is 0 Å². The van der Waals surface area contributed by atoms with Crippen molar-refractivity contribution in [1.82, 2.24) is 9.78 Å². The molecule has 94 valence electrons. The zero-order valence-corrected chi connectivity index (χ0v) is 10.2. The lowest BCUT2D eigenvalue weighted by Crippen LogP contribution is -2.18. The number of anilines is 1. The minimum absolute atomic E-state index is 0.0762. The highest BCUT2D eigenvalue weighted by Crippen LogP contribution is 2.30. The number of nitrogens with zero attached hydrogens (tertiary/aromatic N) is 2. The third-order valence-corrected chi connectivity index (χ3v) is 5.19. The molecule has 0 radical (unpaired) electrons. The number of sulfone groups is 1. The van der Waals surface area contributed by atoms with E-state index in [0.29, 0.717) is 25.5 Å². The number of nitrogens with two attached hydrogens (primary N) is 1. The second-order valence-electron chi connectivity index (χ2n) is 4.61. The van der Waals surface area contributed by atoms with Gasteiger partial charge in [-0.15, -0.1) is 0 Å². The maximum absolute atomic E-state index is 11.5. The summed E-state index contributed by atoms with van der Waals surface area (Å²) in [7, 11) is -2.90. The van der Waals surface area contributed by atoms with E-state index in [2.05, 4.69) is 5.10 Å². The van der Waals surface area contributed by atoms with E-state index in [-0.39, 0.29) is 17.5 Å². The SMILES string of the molecule is Nc1nn(C2CCS(=O)(=O)C2)c2c1CCOC2. The molecule has 0 spiro atoms. The van der Waals surface area contributed by atoms with Crippen molar-refractivity contribution < 1.29 is 13.2 Å². The highest BCUT2D eigenvalue weighted by atomic mass is 32.2. The molecule has 1 aromatic heterocycles. The highest BCUT2D eigenvalue weighted by Gasteiger charge is 2.33. The summed E-state index contributed by atoms with van der Waals surface area (Å²) in [5, 5.41) is 4.29.